The highest BCUT2D eigenvalue weighted by atomic mass is 35.5. The van der Waals surface area contributed by atoms with Crippen molar-refractivity contribution >= 4 is 52.4 Å². The van der Waals surface area contributed by atoms with Crippen molar-refractivity contribution in [2.75, 3.05) is 43.9 Å². The number of β-amino-alcohol motifs (C(OH)–C–C–N with tert-alkyl or cyclic N) is 1. The van der Waals surface area contributed by atoms with E-state index in [9.17, 15) is 24.6 Å². The minimum absolute atomic E-state index is 0.0139. The zero-order valence-electron chi connectivity index (χ0n) is 28.9. The molecule has 12 nitrogen and oxygen atoms in total. The Morgan fingerprint density at radius 1 is 0.925 bits per heavy atom. The lowest BCUT2D eigenvalue weighted by molar-refractivity contribution is -0.141. The maximum atomic E-state index is 15.3. The molecule has 4 N–H and O–H groups in total. The van der Waals surface area contributed by atoms with Gasteiger partial charge in [0.25, 0.3) is 11.8 Å². The van der Waals surface area contributed by atoms with E-state index >= 15 is 4.39 Å². The first kappa shape index (κ1) is 36.8. The van der Waals surface area contributed by atoms with Crippen LogP contribution >= 0.6 is 23.2 Å². The molecule has 2 amide bonds. The van der Waals surface area contributed by atoms with Gasteiger partial charge in [-0.2, -0.15) is 5.10 Å². The van der Waals surface area contributed by atoms with Gasteiger partial charge in [0.2, 0.25) is 0 Å². The number of aliphatic carboxylic acids is 1. The van der Waals surface area contributed by atoms with Gasteiger partial charge in [0.1, 0.15) is 11.6 Å². The third kappa shape index (κ3) is 7.62. The van der Waals surface area contributed by atoms with Crippen molar-refractivity contribution in [1.82, 2.24) is 19.6 Å². The van der Waals surface area contributed by atoms with Crippen LogP contribution in [0.3, 0.4) is 0 Å². The first-order chi connectivity index (χ1) is 25.5. The Morgan fingerprint density at radius 2 is 1.62 bits per heavy atom. The molecule has 0 saturated carbocycles. The number of anilines is 2. The minimum atomic E-state index is -0.788. The second-order valence-corrected chi connectivity index (χ2v) is 14.5. The Morgan fingerprint density at radius 3 is 2.25 bits per heavy atom. The average molecular weight is 766 g/mol. The third-order valence-electron chi connectivity index (χ3n) is 10.3. The van der Waals surface area contributed by atoms with Crippen LogP contribution in [-0.4, -0.2) is 87.0 Å². The van der Waals surface area contributed by atoms with Crippen molar-refractivity contribution in [3.8, 4) is 16.9 Å². The van der Waals surface area contributed by atoms with Gasteiger partial charge in [0.15, 0.2) is 5.69 Å². The van der Waals surface area contributed by atoms with E-state index in [1.165, 1.54) is 13.2 Å². The third-order valence-corrected chi connectivity index (χ3v) is 11.1. The lowest BCUT2D eigenvalue weighted by atomic mass is 10.0. The molecule has 0 spiro atoms. The van der Waals surface area contributed by atoms with Crippen LogP contribution in [0.25, 0.3) is 11.1 Å². The van der Waals surface area contributed by atoms with E-state index in [2.05, 4.69) is 20.6 Å². The number of hydrogen-bond donors (Lipinski definition) is 4. The number of amides is 2. The number of hydrogen-bond acceptors (Lipinski definition) is 8. The Kier molecular flexibility index (Phi) is 10.7. The van der Waals surface area contributed by atoms with Crippen molar-refractivity contribution in [1.29, 1.82) is 0 Å². The minimum Gasteiger partial charge on any atom is -0.496 e. The molecule has 3 aromatic carbocycles. The summed E-state index contributed by atoms with van der Waals surface area (Å²) in [7, 11) is 1.41. The number of aryl methyl sites for hydroxylation is 1. The summed E-state index contributed by atoms with van der Waals surface area (Å²) in [5, 5.41) is 30.0. The number of carbonyl (C=O) groups excluding carboxylic acids is 2. The molecule has 15 heteroatoms. The molecule has 1 unspecified atom stereocenters. The van der Waals surface area contributed by atoms with Crippen LogP contribution in [0.15, 0.2) is 54.6 Å². The molecule has 7 rings (SSSR count). The highest BCUT2D eigenvalue weighted by Gasteiger charge is 2.36. The fourth-order valence-corrected chi connectivity index (χ4v) is 8.07. The standard InChI is InChI=1S/C38H39Cl2FN6O6/c1-53-33-16-22(15-27(41)26(33)20-45-13-11-23(48)19-45)36(49)42-28-7-2-5-24(34(28)39)25-6-3-8-29(35(25)40)43-37(50)30-17-32-31(9-4-12-47(32)44-30)46-14-10-21(18-46)38(51)52/h2-3,5-8,15-17,21,23,31,48H,4,9-14,18-20H2,1H3,(H,42,49)(H,43,50)(H,51,52)/t21-,23-,31?/m1/s1. The number of carboxylic acids is 1. The predicted octanol–water partition coefficient (Wildman–Crippen LogP) is 6.32. The largest absolute Gasteiger partial charge is 0.496 e. The molecule has 2 fully saturated rings. The number of nitrogens with zero attached hydrogens (tertiary/aromatic N) is 4. The number of rotatable bonds is 10. The molecule has 3 aliphatic heterocycles. The van der Waals surface area contributed by atoms with Crippen LogP contribution in [0.2, 0.25) is 10.0 Å². The van der Waals surface area contributed by atoms with E-state index in [0.717, 1.165) is 24.6 Å². The Bertz CT molecular complexity index is 2080. The van der Waals surface area contributed by atoms with E-state index in [0.29, 0.717) is 67.9 Å². The highest BCUT2D eigenvalue weighted by Crippen LogP contribution is 2.41. The van der Waals surface area contributed by atoms with Gasteiger partial charge in [-0.15, -0.1) is 0 Å². The van der Waals surface area contributed by atoms with Gasteiger partial charge in [-0.05, 0) is 62.6 Å². The van der Waals surface area contributed by atoms with E-state index < -0.39 is 35.6 Å². The number of aromatic nitrogens is 2. The molecular weight excluding hydrogens is 726 g/mol. The molecule has 0 aliphatic carbocycles. The molecule has 4 aromatic rings. The van der Waals surface area contributed by atoms with E-state index in [4.69, 9.17) is 27.9 Å². The molecule has 1 aromatic heterocycles. The summed E-state index contributed by atoms with van der Waals surface area (Å²) in [6.07, 6.45) is 2.48. The van der Waals surface area contributed by atoms with Crippen molar-refractivity contribution < 1.29 is 33.7 Å². The van der Waals surface area contributed by atoms with Crippen molar-refractivity contribution in [3.63, 3.8) is 0 Å². The monoisotopic (exact) mass is 764 g/mol. The molecule has 3 aliphatic rings. The topological polar surface area (TPSA) is 149 Å². The summed E-state index contributed by atoms with van der Waals surface area (Å²) in [6.45, 7) is 3.11. The zero-order chi connectivity index (χ0) is 37.4. The van der Waals surface area contributed by atoms with Crippen LogP contribution < -0.4 is 15.4 Å². The van der Waals surface area contributed by atoms with Gasteiger partial charge in [0.05, 0.1) is 52.3 Å². The summed E-state index contributed by atoms with van der Waals surface area (Å²) < 4.78 is 22.6. The van der Waals surface area contributed by atoms with E-state index in [1.807, 2.05) is 9.58 Å². The lowest BCUT2D eigenvalue weighted by Crippen LogP contribution is -2.32. The first-order valence-corrected chi connectivity index (χ1v) is 18.3. The van der Waals surface area contributed by atoms with Crippen molar-refractivity contribution in [3.05, 3.63) is 93.0 Å². The summed E-state index contributed by atoms with van der Waals surface area (Å²) in [6, 6.07) is 14.5. The van der Waals surface area contributed by atoms with E-state index in [-0.39, 0.29) is 45.3 Å². The van der Waals surface area contributed by atoms with Crippen LogP contribution in [0.4, 0.5) is 15.8 Å². The normalized spacial score (nSPS) is 20.3. The van der Waals surface area contributed by atoms with Gasteiger partial charge in [0, 0.05) is 55.0 Å². The molecule has 3 atom stereocenters. The Balaban J connectivity index is 1.07. The van der Waals surface area contributed by atoms with Crippen molar-refractivity contribution in [2.45, 2.75) is 50.9 Å². The maximum absolute atomic E-state index is 15.3. The maximum Gasteiger partial charge on any atom is 0.307 e. The second kappa shape index (κ2) is 15.4. The SMILES string of the molecule is COc1cc(C(=O)Nc2cccc(-c3cccc(NC(=O)c4cc5n(n4)CCCC5N4CC[C@@H](C(=O)O)C4)c3Cl)c2Cl)cc(F)c1CN1CC[C@@H](O)C1. The van der Waals surface area contributed by atoms with Gasteiger partial charge in [-0.1, -0.05) is 47.5 Å². The Hall–Kier alpha value is -4.53. The van der Waals surface area contributed by atoms with E-state index in [1.54, 1.807) is 42.5 Å². The smallest absolute Gasteiger partial charge is 0.307 e. The molecular formula is C38H39Cl2FN6O6. The van der Waals surface area contributed by atoms with Crippen molar-refractivity contribution in [2.24, 2.45) is 5.92 Å². The number of halogens is 3. The molecule has 2 saturated heterocycles. The van der Waals surface area contributed by atoms with Crippen LogP contribution in [0.5, 0.6) is 5.75 Å². The van der Waals surface area contributed by atoms with Gasteiger partial charge < -0.3 is 25.6 Å². The fourth-order valence-electron chi connectivity index (χ4n) is 7.52. The number of methoxy groups -OCH3 is 1. The summed E-state index contributed by atoms with van der Waals surface area (Å²) in [5.74, 6) is -2.62. The number of carbonyl (C=O) groups is 3. The average Bonchev–Trinajstić information content (AvgIpc) is 3.91. The predicted molar refractivity (Wildman–Crippen MR) is 198 cm³/mol. The summed E-state index contributed by atoms with van der Waals surface area (Å²) >= 11 is 13.7. The van der Waals surface area contributed by atoms with Crippen LogP contribution in [0, 0.1) is 11.7 Å². The van der Waals surface area contributed by atoms with Gasteiger partial charge in [-0.3, -0.25) is 28.9 Å². The van der Waals surface area contributed by atoms with Gasteiger partial charge >= 0.3 is 5.97 Å². The quantitative estimate of drug-likeness (QED) is 0.146. The number of likely N-dealkylation sites (tertiary alicyclic amines) is 2. The number of benzene rings is 3. The number of nitrogens with one attached hydrogen (secondary N) is 2. The zero-order valence-corrected chi connectivity index (χ0v) is 30.5. The molecule has 0 bridgehead atoms. The molecule has 278 valence electrons. The summed E-state index contributed by atoms with van der Waals surface area (Å²) in [5.41, 5.74) is 3.03. The van der Waals surface area contributed by atoms with Crippen LogP contribution in [-0.2, 0) is 17.9 Å². The van der Waals surface area contributed by atoms with Crippen LogP contribution in [0.1, 0.15) is 63.8 Å². The first-order valence-electron chi connectivity index (χ1n) is 17.5. The summed E-state index contributed by atoms with van der Waals surface area (Å²) in [4.78, 5) is 42.5. The molecule has 53 heavy (non-hydrogen) atoms. The van der Waals surface area contributed by atoms with Gasteiger partial charge in [-0.25, -0.2) is 4.39 Å². The molecule has 0 radical (unpaired) electrons. The Labute approximate surface area is 315 Å². The number of ether oxygens (including phenoxy) is 1. The second-order valence-electron chi connectivity index (χ2n) is 13.7. The highest BCUT2D eigenvalue weighted by molar-refractivity contribution is 6.40. The number of aliphatic hydroxyl groups excluding tert-OH is 1. The lowest BCUT2D eigenvalue weighted by Gasteiger charge is -2.31. The number of aliphatic hydroxyl groups is 1. The number of carboxylic acid groups (broad SMARTS) is 1. The fraction of sp³-hybridized carbons (Fsp3) is 0.368. The number of fused-ring (bicyclic) bond motifs is 1. The molecule has 4 heterocycles.